The Morgan fingerprint density at radius 1 is 1.71 bits per heavy atom. The van der Waals surface area contributed by atoms with Crippen LogP contribution in [0.2, 0.25) is 0 Å². The van der Waals surface area contributed by atoms with Crippen molar-refractivity contribution < 1.29 is 9.18 Å². The van der Waals surface area contributed by atoms with Crippen LogP contribution in [-0.4, -0.2) is 22.3 Å². The zero-order chi connectivity index (χ0) is 10.6. The second-order valence-electron chi connectivity index (χ2n) is 2.85. The van der Waals surface area contributed by atoms with Gasteiger partial charge in [-0.15, -0.1) is 0 Å². The molecule has 0 spiro atoms. The minimum absolute atomic E-state index is 0.201. The van der Waals surface area contributed by atoms with Gasteiger partial charge in [0.05, 0.1) is 6.20 Å². The van der Waals surface area contributed by atoms with Gasteiger partial charge < -0.3 is 5.32 Å². The fourth-order valence-electron chi connectivity index (χ4n) is 0.834. The van der Waals surface area contributed by atoms with Gasteiger partial charge in [-0.1, -0.05) is 22.9 Å². The van der Waals surface area contributed by atoms with E-state index in [-0.39, 0.29) is 16.4 Å². The van der Waals surface area contributed by atoms with Crippen LogP contribution in [0.3, 0.4) is 0 Å². The van der Waals surface area contributed by atoms with Crippen molar-refractivity contribution in [1.29, 1.82) is 0 Å². The van der Waals surface area contributed by atoms with Crippen LogP contribution in [0.4, 0.5) is 4.39 Å². The monoisotopic (exact) mass is 260 g/mol. The molecule has 0 aliphatic rings. The first-order valence-electron chi connectivity index (χ1n) is 4.13. The second-order valence-corrected chi connectivity index (χ2v) is 4.42. The summed E-state index contributed by atoms with van der Waals surface area (Å²) in [5, 5.41) is 2.65. The number of rotatable bonds is 3. The molecule has 1 aromatic heterocycles. The summed E-state index contributed by atoms with van der Waals surface area (Å²) in [7, 11) is 0. The van der Waals surface area contributed by atoms with Gasteiger partial charge in [0.2, 0.25) is 0 Å². The Morgan fingerprint density at radius 2 is 2.43 bits per heavy atom. The maximum Gasteiger partial charge on any atom is 0.269 e. The maximum atomic E-state index is 12.5. The first-order chi connectivity index (χ1) is 6.59. The van der Waals surface area contributed by atoms with Crippen molar-refractivity contribution >= 4 is 21.8 Å². The van der Waals surface area contributed by atoms with E-state index >= 15 is 0 Å². The molecule has 1 amide bonds. The Labute approximate surface area is 89.9 Å². The van der Waals surface area contributed by atoms with Crippen LogP contribution in [0.25, 0.3) is 0 Å². The standard InChI is InChI=1S/C9H10BrFN2O/c1-6(10)4-13-9(14)8-3-2-7(11)5-12-8/h2-3,5-6H,4H2,1H3,(H,13,14). The molecular weight excluding hydrogens is 251 g/mol. The van der Waals surface area contributed by atoms with Crippen LogP contribution in [0, 0.1) is 5.82 Å². The number of pyridine rings is 1. The molecule has 1 rings (SSSR count). The van der Waals surface area contributed by atoms with Crippen LogP contribution in [0.15, 0.2) is 18.3 Å². The predicted molar refractivity (Wildman–Crippen MR) is 54.9 cm³/mol. The number of hydrogen-bond acceptors (Lipinski definition) is 2. The number of amides is 1. The third-order valence-corrected chi connectivity index (χ3v) is 1.83. The molecule has 0 saturated heterocycles. The van der Waals surface area contributed by atoms with Gasteiger partial charge in [0.25, 0.3) is 5.91 Å². The molecule has 0 radical (unpaired) electrons. The number of aromatic nitrogens is 1. The Bertz CT molecular complexity index is 313. The molecule has 5 heteroatoms. The van der Waals surface area contributed by atoms with E-state index in [1.807, 2.05) is 6.92 Å². The largest absolute Gasteiger partial charge is 0.350 e. The van der Waals surface area contributed by atoms with Crippen LogP contribution in [0.5, 0.6) is 0 Å². The first-order valence-corrected chi connectivity index (χ1v) is 5.05. The minimum atomic E-state index is -0.449. The molecule has 0 bridgehead atoms. The molecule has 1 aromatic rings. The molecule has 0 aromatic carbocycles. The Kier molecular flexibility index (Phi) is 4.00. The summed E-state index contributed by atoms with van der Waals surface area (Å²) in [6.07, 6.45) is 1.02. The van der Waals surface area contributed by atoms with Crippen molar-refractivity contribution in [2.45, 2.75) is 11.8 Å². The lowest BCUT2D eigenvalue weighted by Crippen LogP contribution is -2.28. The van der Waals surface area contributed by atoms with Gasteiger partial charge in [-0.05, 0) is 12.1 Å². The molecular formula is C9H10BrFN2O. The Hall–Kier alpha value is -0.970. The van der Waals surface area contributed by atoms with Crippen LogP contribution >= 0.6 is 15.9 Å². The Balaban J connectivity index is 2.57. The van der Waals surface area contributed by atoms with E-state index in [9.17, 15) is 9.18 Å². The second kappa shape index (κ2) is 5.05. The topological polar surface area (TPSA) is 42.0 Å². The minimum Gasteiger partial charge on any atom is -0.350 e. The normalized spacial score (nSPS) is 12.2. The summed E-state index contributed by atoms with van der Waals surface area (Å²) in [5.41, 5.74) is 0.222. The maximum absolute atomic E-state index is 12.5. The van der Waals surface area contributed by atoms with E-state index in [0.29, 0.717) is 6.54 Å². The van der Waals surface area contributed by atoms with Crippen LogP contribution in [-0.2, 0) is 0 Å². The van der Waals surface area contributed by atoms with E-state index in [0.717, 1.165) is 6.20 Å². The number of nitrogens with zero attached hydrogens (tertiary/aromatic N) is 1. The fourth-order valence-corrected chi connectivity index (χ4v) is 0.996. The molecule has 76 valence electrons. The van der Waals surface area contributed by atoms with Crippen molar-refractivity contribution in [3.63, 3.8) is 0 Å². The summed E-state index contributed by atoms with van der Waals surface area (Å²) in [4.78, 5) is 15.2. The molecule has 1 heterocycles. The van der Waals surface area contributed by atoms with Gasteiger partial charge in [-0.25, -0.2) is 9.37 Å². The van der Waals surface area contributed by atoms with Gasteiger partial charge in [0.1, 0.15) is 11.5 Å². The lowest BCUT2D eigenvalue weighted by Gasteiger charge is -2.05. The summed E-state index contributed by atoms with van der Waals surface area (Å²) in [5.74, 6) is -0.744. The average molecular weight is 261 g/mol. The highest BCUT2D eigenvalue weighted by Gasteiger charge is 2.07. The number of alkyl halides is 1. The fraction of sp³-hybridized carbons (Fsp3) is 0.333. The number of hydrogen-bond donors (Lipinski definition) is 1. The lowest BCUT2D eigenvalue weighted by atomic mass is 10.3. The van der Waals surface area contributed by atoms with Gasteiger partial charge in [0.15, 0.2) is 0 Å². The van der Waals surface area contributed by atoms with Crippen molar-refractivity contribution in [3.8, 4) is 0 Å². The molecule has 0 aliphatic heterocycles. The molecule has 0 aliphatic carbocycles. The Morgan fingerprint density at radius 3 is 2.93 bits per heavy atom. The molecule has 3 nitrogen and oxygen atoms in total. The van der Waals surface area contributed by atoms with Crippen LogP contribution in [0.1, 0.15) is 17.4 Å². The van der Waals surface area contributed by atoms with E-state index in [2.05, 4.69) is 26.2 Å². The number of nitrogens with one attached hydrogen (secondary N) is 1. The van der Waals surface area contributed by atoms with Gasteiger partial charge in [0, 0.05) is 11.4 Å². The molecule has 1 atom stereocenters. The summed E-state index contributed by atoms with van der Waals surface area (Å²) in [6.45, 7) is 2.43. The highest BCUT2D eigenvalue weighted by molar-refractivity contribution is 9.09. The first kappa shape index (κ1) is 11.1. The molecule has 0 fully saturated rings. The zero-order valence-corrected chi connectivity index (χ0v) is 9.21. The molecule has 1 unspecified atom stereocenters. The van der Waals surface area contributed by atoms with Crippen molar-refractivity contribution in [2.75, 3.05) is 6.54 Å². The third kappa shape index (κ3) is 3.41. The van der Waals surface area contributed by atoms with Gasteiger partial charge in [-0.2, -0.15) is 0 Å². The van der Waals surface area contributed by atoms with Crippen LogP contribution < -0.4 is 5.32 Å². The summed E-state index contributed by atoms with van der Waals surface area (Å²) >= 11 is 3.29. The van der Waals surface area contributed by atoms with E-state index < -0.39 is 5.82 Å². The zero-order valence-electron chi connectivity index (χ0n) is 7.63. The van der Waals surface area contributed by atoms with E-state index in [4.69, 9.17) is 0 Å². The number of carbonyl (C=O) groups is 1. The van der Waals surface area contributed by atoms with Gasteiger partial charge in [-0.3, -0.25) is 4.79 Å². The molecule has 0 saturated carbocycles. The molecule has 1 N–H and O–H groups in total. The van der Waals surface area contributed by atoms with E-state index in [1.165, 1.54) is 12.1 Å². The van der Waals surface area contributed by atoms with E-state index in [1.54, 1.807) is 0 Å². The van der Waals surface area contributed by atoms with Crippen molar-refractivity contribution in [1.82, 2.24) is 10.3 Å². The lowest BCUT2D eigenvalue weighted by molar-refractivity contribution is 0.0949. The van der Waals surface area contributed by atoms with Crippen molar-refractivity contribution in [3.05, 3.63) is 29.8 Å². The number of carbonyl (C=O) groups excluding carboxylic acids is 1. The summed E-state index contributed by atoms with van der Waals surface area (Å²) in [6, 6.07) is 2.56. The molecule has 14 heavy (non-hydrogen) atoms. The summed E-state index contributed by atoms with van der Waals surface area (Å²) < 4.78 is 12.5. The predicted octanol–water partition coefficient (Wildman–Crippen LogP) is 1.73. The average Bonchev–Trinajstić information content (AvgIpc) is 2.15. The van der Waals surface area contributed by atoms with Crippen molar-refractivity contribution in [2.24, 2.45) is 0 Å². The highest BCUT2D eigenvalue weighted by Crippen LogP contribution is 1.99. The number of halogens is 2. The quantitative estimate of drug-likeness (QED) is 0.842. The third-order valence-electron chi connectivity index (χ3n) is 1.50. The highest BCUT2D eigenvalue weighted by atomic mass is 79.9. The smallest absolute Gasteiger partial charge is 0.269 e. The SMILES string of the molecule is CC(Br)CNC(=O)c1ccc(F)cn1. The van der Waals surface area contributed by atoms with Gasteiger partial charge >= 0.3 is 0 Å².